The Hall–Kier alpha value is -2.11. The number of fused-ring (bicyclic) bond motifs is 3. The van der Waals surface area contributed by atoms with Crippen LogP contribution in [0, 0.1) is 5.92 Å². The molecule has 4 rings (SSSR count). The number of nitrogens with zero attached hydrogens (tertiary/aromatic N) is 2. The van der Waals surface area contributed by atoms with E-state index in [0.29, 0.717) is 24.0 Å². The molecule has 5 nitrogen and oxygen atoms in total. The lowest BCUT2D eigenvalue weighted by Crippen LogP contribution is -2.30. The van der Waals surface area contributed by atoms with Crippen LogP contribution in [0.2, 0.25) is 0 Å². The zero-order valence-corrected chi connectivity index (χ0v) is 24.2. The van der Waals surface area contributed by atoms with E-state index in [9.17, 15) is 4.79 Å². The van der Waals surface area contributed by atoms with E-state index >= 15 is 0 Å². The van der Waals surface area contributed by atoms with Gasteiger partial charge >= 0.3 is 5.97 Å². The largest absolute Gasteiger partial charge is 0.482 e. The monoisotopic (exact) mass is 528 g/mol. The summed E-state index contributed by atoms with van der Waals surface area (Å²) in [5.74, 6) is 2.08. The molecule has 0 bridgehead atoms. The molecule has 0 saturated carbocycles. The highest BCUT2D eigenvalue weighted by Crippen LogP contribution is 2.50. The van der Waals surface area contributed by atoms with Gasteiger partial charge in [0.05, 0.1) is 5.56 Å². The Labute approximate surface area is 229 Å². The molecule has 2 atom stereocenters. The number of esters is 1. The number of benzene rings is 1. The van der Waals surface area contributed by atoms with Crippen LogP contribution in [0.1, 0.15) is 103 Å². The van der Waals surface area contributed by atoms with E-state index in [1.165, 1.54) is 44.1 Å². The standard InChI is InChI=1S/C31H44N2O3.ClH/c1-6-7-8-12-22(2)23(3)24-19-27(35-29(34)13-11-18-33-16-9-10-17-33)30-25-21-32-15-14-26(25)31(4,5)36-28(30)20-24;/h14-15,19-23H,6-13,16-18H2,1-5H3;1H. The summed E-state index contributed by atoms with van der Waals surface area (Å²) in [5.41, 5.74) is 3.57. The van der Waals surface area contributed by atoms with Gasteiger partial charge in [0.15, 0.2) is 0 Å². The van der Waals surface area contributed by atoms with Crippen LogP contribution in [-0.4, -0.2) is 35.5 Å². The number of halogens is 1. The van der Waals surface area contributed by atoms with Crippen LogP contribution in [0.25, 0.3) is 11.1 Å². The molecule has 3 heterocycles. The van der Waals surface area contributed by atoms with E-state index in [0.717, 1.165) is 48.5 Å². The second-order valence-corrected chi connectivity index (χ2v) is 11.3. The number of unbranched alkanes of at least 4 members (excludes halogenated alkanes) is 2. The molecule has 204 valence electrons. The van der Waals surface area contributed by atoms with Crippen LogP contribution < -0.4 is 9.47 Å². The third-order valence-corrected chi connectivity index (χ3v) is 8.11. The van der Waals surface area contributed by atoms with Gasteiger partial charge in [-0.1, -0.05) is 46.5 Å². The molecule has 0 N–H and O–H groups in total. The Balaban J connectivity index is 0.00000380. The van der Waals surface area contributed by atoms with E-state index in [4.69, 9.17) is 9.47 Å². The van der Waals surface area contributed by atoms with Gasteiger partial charge in [0.2, 0.25) is 0 Å². The van der Waals surface area contributed by atoms with E-state index < -0.39 is 5.60 Å². The van der Waals surface area contributed by atoms with Crippen LogP contribution >= 0.6 is 12.4 Å². The van der Waals surface area contributed by atoms with Gasteiger partial charge in [-0.2, -0.15) is 0 Å². The van der Waals surface area contributed by atoms with E-state index in [-0.39, 0.29) is 18.4 Å². The maximum atomic E-state index is 13.0. The predicted octanol–water partition coefficient (Wildman–Crippen LogP) is 7.90. The molecule has 0 spiro atoms. The number of rotatable bonds is 11. The summed E-state index contributed by atoms with van der Waals surface area (Å²) in [7, 11) is 0. The van der Waals surface area contributed by atoms with Gasteiger partial charge in [-0.15, -0.1) is 12.4 Å². The lowest BCUT2D eigenvalue weighted by molar-refractivity contribution is -0.134. The lowest BCUT2D eigenvalue weighted by Gasteiger charge is -2.36. The number of likely N-dealkylation sites (tertiary alicyclic amines) is 1. The van der Waals surface area contributed by atoms with Crippen molar-refractivity contribution >= 4 is 18.4 Å². The highest BCUT2D eigenvalue weighted by molar-refractivity contribution is 5.85. The van der Waals surface area contributed by atoms with E-state index in [1.54, 1.807) is 6.20 Å². The van der Waals surface area contributed by atoms with Crippen LogP contribution in [0.4, 0.5) is 0 Å². The van der Waals surface area contributed by atoms with Crippen molar-refractivity contribution in [3.63, 3.8) is 0 Å². The quantitative estimate of drug-likeness (QED) is 0.168. The van der Waals surface area contributed by atoms with Crippen LogP contribution in [-0.2, 0) is 10.4 Å². The molecule has 37 heavy (non-hydrogen) atoms. The molecule has 2 aromatic rings. The molecule has 1 aromatic carbocycles. The average Bonchev–Trinajstić information content (AvgIpc) is 3.36. The normalized spacial score (nSPS) is 17.6. The molecule has 0 radical (unpaired) electrons. The highest BCUT2D eigenvalue weighted by atomic mass is 35.5. The zero-order valence-electron chi connectivity index (χ0n) is 23.3. The number of hydrogen-bond acceptors (Lipinski definition) is 5. The van der Waals surface area contributed by atoms with Crippen molar-refractivity contribution in [2.24, 2.45) is 5.92 Å². The van der Waals surface area contributed by atoms with Crippen molar-refractivity contribution in [3.8, 4) is 22.6 Å². The van der Waals surface area contributed by atoms with Gasteiger partial charge < -0.3 is 14.4 Å². The SMILES string of the molecule is CCCCCC(C)C(C)c1cc(OC(=O)CCCN2CCCC2)c2c(c1)OC(C)(C)c1ccncc1-2.Cl. The summed E-state index contributed by atoms with van der Waals surface area (Å²) >= 11 is 0. The number of hydrogen-bond donors (Lipinski definition) is 0. The maximum absolute atomic E-state index is 13.0. The van der Waals surface area contributed by atoms with Gasteiger partial charge in [0.25, 0.3) is 0 Å². The first-order valence-electron chi connectivity index (χ1n) is 14.0. The number of carbonyl (C=O) groups is 1. The minimum atomic E-state index is -0.489. The summed E-state index contributed by atoms with van der Waals surface area (Å²) in [5, 5.41) is 0. The molecule has 1 saturated heterocycles. The first-order valence-corrected chi connectivity index (χ1v) is 14.0. The molecule has 6 heteroatoms. The number of ether oxygens (including phenoxy) is 2. The Bertz CT molecular complexity index is 1050. The molecule has 0 amide bonds. The number of aromatic nitrogens is 1. The first-order chi connectivity index (χ1) is 17.3. The Kier molecular flexibility index (Phi) is 10.4. The van der Waals surface area contributed by atoms with Crippen molar-refractivity contribution in [1.29, 1.82) is 0 Å². The van der Waals surface area contributed by atoms with Crippen LogP contribution in [0.5, 0.6) is 11.5 Å². The van der Waals surface area contributed by atoms with Crippen molar-refractivity contribution in [2.45, 2.75) is 97.5 Å². The molecule has 1 aromatic heterocycles. The van der Waals surface area contributed by atoms with Crippen LogP contribution in [0.3, 0.4) is 0 Å². The fourth-order valence-electron chi connectivity index (χ4n) is 5.67. The minimum absolute atomic E-state index is 0. The van der Waals surface area contributed by atoms with Crippen molar-refractivity contribution < 1.29 is 14.3 Å². The summed E-state index contributed by atoms with van der Waals surface area (Å²) in [6.07, 6.45) is 12.4. The smallest absolute Gasteiger partial charge is 0.311 e. The Morgan fingerprint density at radius 2 is 1.92 bits per heavy atom. The molecule has 2 unspecified atom stereocenters. The molecule has 2 aliphatic heterocycles. The highest BCUT2D eigenvalue weighted by Gasteiger charge is 2.35. The summed E-state index contributed by atoms with van der Waals surface area (Å²) < 4.78 is 12.7. The summed E-state index contributed by atoms with van der Waals surface area (Å²) in [4.78, 5) is 19.8. The van der Waals surface area contributed by atoms with E-state index in [1.807, 2.05) is 12.3 Å². The van der Waals surface area contributed by atoms with Gasteiger partial charge in [-0.25, -0.2) is 0 Å². The van der Waals surface area contributed by atoms with Gasteiger partial charge in [-0.3, -0.25) is 9.78 Å². The second-order valence-electron chi connectivity index (χ2n) is 11.3. The maximum Gasteiger partial charge on any atom is 0.311 e. The third kappa shape index (κ3) is 7.06. The molecule has 0 aliphatic carbocycles. The van der Waals surface area contributed by atoms with Gasteiger partial charge in [0, 0.05) is 29.9 Å². The lowest BCUT2D eigenvalue weighted by atomic mass is 9.82. The minimum Gasteiger partial charge on any atom is -0.482 e. The molecular formula is C31H45ClN2O3. The van der Waals surface area contributed by atoms with Crippen molar-refractivity contribution in [3.05, 3.63) is 41.7 Å². The summed E-state index contributed by atoms with van der Waals surface area (Å²) in [6, 6.07) is 6.25. The van der Waals surface area contributed by atoms with Crippen molar-refractivity contribution in [1.82, 2.24) is 9.88 Å². The van der Waals surface area contributed by atoms with E-state index in [2.05, 4.69) is 56.6 Å². The Morgan fingerprint density at radius 3 is 2.65 bits per heavy atom. The predicted molar refractivity (Wildman–Crippen MR) is 153 cm³/mol. The van der Waals surface area contributed by atoms with Crippen molar-refractivity contribution in [2.75, 3.05) is 19.6 Å². The second kappa shape index (κ2) is 13.1. The topological polar surface area (TPSA) is 51.7 Å². The third-order valence-electron chi connectivity index (χ3n) is 8.11. The Morgan fingerprint density at radius 1 is 1.16 bits per heavy atom. The first kappa shape index (κ1) is 29.4. The molecular weight excluding hydrogens is 484 g/mol. The fourth-order valence-corrected chi connectivity index (χ4v) is 5.67. The molecule has 1 fully saturated rings. The number of carbonyl (C=O) groups excluding carboxylic acids is 1. The molecule has 2 aliphatic rings. The van der Waals surface area contributed by atoms with Crippen LogP contribution in [0.15, 0.2) is 30.6 Å². The zero-order chi connectivity index (χ0) is 25.7. The van der Waals surface area contributed by atoms with Gasteiger partial charge in [0.1, 0.15) is 17.1 Å². The summed E-state index contributed by atoms with van der Waals surface area (Å²) in [6.45, 7) is 14.3. The fraction of sp³-hybridized carbons (Fsp3) is 0.613. The number of pyridine rings is 1. The van der Waals surface area contributed by atoms with Gasteiger partial charge in [-0.05, 0) is 88.3 Å². The average molecular weight is 529 g/mol.